The molecule has 23 heavy (non-hydrogen) atoms. The number of carbonyl (C=O) groups excluding carboxylic acids is 1. The molecule has 0 unspecified atom stereocenters. The van der Waals surface area contributed by atoms with Crippen LogP contribution in [0.25, 0.3) is 11.4 Å². The number of pyridine rings is 1. The zero-order valence-electron chi connectivity index (χ0n) is 13.4. The Labute approximate surface area is 140 Å². The van der Waals surface area contributed by atoms with E-state index in [4.69, 9.17) is 0 Å². The van der Waals surface area contributed by atoms with Crippen molar-refractivity contribution in [3.63, 3.8) is 0 Å². The van der Waals surface area contributed by atoms with Crippen molar-refractivity contribution >= 4 is 17.7 Å². The molecule has 3 rings (SSSR count). The lowest BCUT2D eigenvalue weighted by Gasteiger charge is -2.13. The summed E-state index contributed by atoms with van der Waals surface area (Å²) >= 11 is 1.47. The van der Waals surface area contributed by atoms with Crippen LogP contribution >= 0.6 is 11.8 Å². The smallest absolute Gasteiger partial charge is 0.233 e. The predicted octanol–water partition coefficient (Wildman–Crippen LogP) is 2.68. The third-order valence-electron chi connectivity index (χ3n) is 3.72. The maximum Gasteiger partial charge on any atom is 0.233 e. The lowest BCUT2D eigenvalue weighted by molar-refractivity contribution is -0.120. The fourth-order valence-electron chi connectivity index (χ4n) is 2.32. The summed E-state index contributed by atoms with van der Waals surface area (Å²) in [7, 11) is 0. The second kappa shape index (κ2) is 7.12. The fraction of sp³-hybridized carbons (Fsp3) is 0.500. The van der Waals surface area contributed by atoms with E-state index in [1.54, 1.807) is 12.4 Å². The fourth-order valence-corrected chi connectivity index (χ4v) is 3.26. The van der Waals surface area contributed by atoms with Crippen LogP contribution < -0.4 is 5.32 Å². The minimum absolute atomic E-state index is 0.0488. The Morgan fingerprint density at radius 1 is 1.39 bits per heavy atom. The van der Waals surface area contributed by atoms with E-state index >= 15 is 0 Å². The van der Waals surface area contributed by atoms with Crippen LogP contribution in [0, 0.1) is 0 Å². The molecule has 7 heteroatoms. The molecular weight excluding hydrogens is 310 g/mol. The first-order valence-corrected chi connectivity index (χ1v) is 8.88. The highest BCUT2D eigenvalue weighted by atomic mass is 32.2. The largest absolute Gasteiger partial charge is 0.355 e. The van der Waals surface area contributed by atoms with Crippen LogP contribution in [0.2, 0.25) is 0 Å². The average Bonchev–Trinajstić information content (AvgIpc) is 3.34. The van der Waals surface area contributed by atoms with Crippen molar-refractivity contribution in [2.45, 2.75) is 49.6 Å². The van der Waals surface area contributed by atoms with E-state index in [0.717, 1.165) is 35.8 Å². The van der Waals surface area contributed by atoms with Gasteiger partial charge in [-0.1, -0.05) is 18.7 Å². The van der Waals surface area contributed by atoms with Gasteiger partial charge in [0.15, 0.2) is 11.0 Å². The first-order valence-electron chi connectivity index (χ1n) is 8.00. The Bertz CT molecular complexity index is 668. The van der Waals surface area contributed by atoms with Gasteiger partial charge in [0.05, 0.1) is 5.25 Å². The van der Waals surface area contributed by atoms with Gasteiger partial charge < -0.3 is 5.32 Å². The van der Waals surface area contributed by atoms with E-state index in [9.17, 15) is 4.79 Å². The van der Waals surface area contributed by atoms with Crippen molar-refractivity contribution in [2.75, 3.05) is 6.54 Å². The Morgan fingerprint density at radius 3 is 2.78 bits per heavy atom. The molecule has 0 aliphatic heterocycles. The predicted molar refractivity (Wildman–Crippen MR) is 90.1 cm³/mol. The highest BCUT2D eigenvalue weighted by molar-refractivity contribution is 8.00. The molecule has 0 aromatic carbocycles. The molecule has 1 saturated carbocycles. The third kappa shape index (κ3) is 3.72. The van der Waals surface area contributed by atoms with E-state index in [1.807, 2.05) is 26.0 Å². The standard InChI is InChI=1S/C16H21N5OS/c1-3-8-18-15(22)11(2)23-16-20-19-14(21(16)13-4-5-13)12-6-9-17-10-7-12/h6-7,9-11,13H,3-5,8H2,1-2H3,(H,18,22)/t11-/m0/s1. The number of rotatable bonds is 7. The summed E-state index contributed by atoms with van der Waals surface area (Å²) in [5, 5.41) is 12.2. The van der Waals surface area contributed by atoms with Gasteiger partial charge in [0.2, 0.25) is 5.91 Å². The average molecular weight is 331 g/mol. The number of hydrogen-bond donors (Lipinski definition) is 1. The molecule has 122 valence electrons. The van der Waals surface area contributed by atoms with Gasteiger partial charge in [-0.3, -0.25) is 14.3 Å². The van der Waals surface area contributed by atoms with Gasteiger partial charge in [0.25, 0.3) is 0 Å². The molecule has 1 aliphatic carbocycles. The first-order chi connectivity index (χ1) is 11.2. The van der Waals surface area contributed by atoms with Crippen molar-refractivity contribution in [3.8, 4) is 11.4 Å². The summed E-state index contributed by atoms with van der Waals surface area (Å²) in [6.45, 7) is 4.66. The molecule has 1 atom stereocenters. The Morgan fingerprint density at radius 2 is 2.13 bits per heavy atom. The maximum atomic E-state index is 12.1. The minimum atomic E-state index is -0.187. The Balaban J connectivity index is 1.80. The molecule has 1 aliphatic rings. The first kappa shape index (κ1) is 16.0. The molecule has 6 nitrogen and oxygen atoms in total. The van der Waals surface area contributed by atoms with Crippen molar-refractivity contribution in [1.29, 1.82) is 0 Å². The number of carbonyl (C=O) groups is 1. The number of nitrogens with zero attached hydrogens (tertiary/aromatic N) is 4. The van der Waals surface area contributed by atoms with Crippen LogP contribution in [0.15, 0.2) is 29.7 Å². The molecule has 1 amide bonds. The quantitative estimate of drug-likeness (QED) is 0.790. The number of aromatic nitrogens is 4. The van der Waals surface area contributed by atoms with Crippen molar-refractivity contribution < 1.29 is 4.79 Å². The van der Waals surface area contributed by atoms with E-state index < -0.39 is 0 Å². The second-order valence-electron chi connectivity index (χ2n) is 5.69. The summed E-state index contributed by atoms with van der Waals surface area (Å²) in [6.07, 6.45) is 6.73. The number of nitrogens with one attached hydrogen (secondary N) is 1. The van der Waals surface area contributed by atoms with E-state index in [2.05, 4.69) is 25.1 Å². The summed E-state index contributed by atoms with van der Waals surface area (Å²) in [5.41, 5.74) is 1.01. The van der Waals surface area contributed by atoms with E-state index in [0.29, 0.717) is 12.6 Å². The van der Waals surface area contributed by atoms with Gasteiger partial charge in [-0.05, 0) is 38.3 Å². The zero-order valence-corrected chi connectivity index (χ0v) is 14.2. The molecule has 1 N–H and O–H groups in total. The molecule has 2 aromatic heterocycles. The highest BCUT2D eigenvalue weighted by Gasteiger charge is 2.31. The minimum Gasteiger partial charge on any atom is -0.355 e. The van der Waals surface area contributed by atoms with E-state index in [-0.39, 0.29) is 11.2 Å². The number of amides is 1. The maximum absolute atomic E-state index is 12.1. The molecule has 2 aromatic rings. The topological polar surface area (TPSA) is 72.7 Å². The van der Waals surface area contributed by atoms with Gasteiger partial charge in [-0.15, -0.1) is 10.2 Å². The van der Waals surface area contributed by atoms with Crippen LogP contribution in [-0.4, -0.2) is 37.5 Å². The molecular formula is C16H21N5OS. The number of thioether (sulfide) groups is 1. The lowest BCUT2D eigenvalue weighted by Crippen LogP contribution is -2.31. The van der Waals surface area contributed by atoms with Gasteiger partial charge in [0.1, 0.15) is 0 Å². The van der Waals surface area contributed by atoms with Gasteiger partial charge in [-0.2, -0.15) is 0 Å². The monoisotopic (exact) mass is 331 g/mol. The van der Waals surface area contributed by atoms with Crippen LogP contribution in [0.4, 0.5) is 0 Å². The molecule has 0 spiro atoms. The highest BCUT2D eigenvalue weighted by Crippen LogP contribution is 2.41. The second-order valence-corrected chi connectivity index (χ2v) is 7.00. The van der Waals surface area contributed by atoms with Gasteiger partial charge in [0, 0.05) is 30.5 Å². The Hall–Kier alpha value is -1.89. The molecule has 1 fully saturated rings. The summed E-state index contributed by atoms with van der Waals surface area (Å²) < 4.78 is 2.17. The molecule has 0 bridgehead atoms. The van der Waals surface area contributed by atoms with Crippen LogP contribution in [0.3, 0.4) is 0 Å². The SMILES string of the molecule is CCCNC(=O)[C@H](C)Sc1nnc(-c2ccncc2)n1C1CC1. The van der Waals surface area contributed by atoms with E-state index in [1.165, 1.54) is 11.8 Å². The van der Waals surface area contributed by atoms with Crippen molar-refractivity contribution in [3.05, 3.63) is 24.5 Å². The lowest BCUT2D eigenvalue weighted by atomic mass is 10.2. The molecule has 0 saturated heterocycles. The zero-order chi connectivity index (χ0) is 16.2. The van der Waals surface area contributed by atoms with Crippen LogP contribution in [-0.2, 0) is 4.79 Å². The summed E-state index contributed by atoms with van der Waals surface area (Å²) in [5.74, 6) is 0.909. The summed E-state index contributed by atoms with van der Waals surface area (Å²) in [6, 6.07) is 4.32. The van der Waals surface area contributed by atoms with Crippen molar-refractivity contribution in [1.82, 2.24) is 25.1 Å². The Kier molecular flexibility index (Phi) is 4.95. The molecule has 0 radical (unpaired) electrons. The van der Waals surface area contributed by atoms with Gasteiger partial charge in [-0.25, -0.2) is 0 Å². The third-order valence-corrected chi connectivity index (χ3v) is 4.77. The molecule has 2 heterocycles. The van der Waals surface area contributed by atoms with Crippen LogP contribution in [0.1, 0.15) is 39.2 Å². The number of hydrogen-bond acceptors (Lipinski definition) is 5. The van der Waals surface area contributed by atoms with Crippen LogP contribution in [0.5, 0.6) is 0 Å². The van der Waals surface area contributed by atoms with Gasteiger partial charge >= 0.3 is 0 Å². The van der Waals surface area contributed by atoms with Crippen molar-refractivity contribution in [2.24, 2.45) is 0 Å². The summed E-state index contributed by atoms with van der Waals surface area (Å²) in [4.78, 5) is 16.1. The normalized spacial score (nSPS) is 15.4.